The van der Waals surface area contributed by atoms with Crippen molar-refractivity contribution in [1.29, 1.82) is 0 Å². The van der Waals surface area contributed by atoms with E-state index >= 15 is 0 Å². The maximum absolute atomic E-state index is 11.7. The Morgan fingerprint density at radius 2 is 1.74 bits per heavy atom. The van der Waals surface area contributed by atoms with E-state index in [1.807, 2.05) is 30.3 Å². The van der Waals surface area contributed by atoms with Crippen molar-refractivity contribution < 1.29 is 19.0 Å². The molecule has 0 aliphatic rings. The molecule has 23 heavy (non-hydrogen) atoms. The molecular formula is C17H18N2O4. The number of rotatable bonds is 7. The first-order valence-electron chi connectivity index (χ1n) is 6.94. The third-order valence-electron chi connectivity index (χ3n) is 2.95. The van der Waals surface area contributed by atoms with E-state index < -0.39 is 0 Å². The van der Waals surface area contributed by atoms with Gasteiger partial charge in [0.1, 0.15) is 5.75 Å². The molecule has 0 saturated carbocycles. The normalized spacial score (nSPS) is 10.3. The second-order valence-corrected chi connectivity index (χ2v) is 4.51. The lowest BCUT2D eigenvalue weighted by molar-refractivity contribution is -0.123. The van der Waals surface area contributed by atoms with Gasteiger partial charge in [-0.15, -0.1) is 0 Å². The third kappa shape index (κ3) is 5.03. The summed E-state index contributed by atoms with van der Waals surface area (Å²) in [6.45, 7) is -0.152. The summed E-state index contributed by atoms with van der Waals surface area (Å²) in [5, 5.41) is 3.88. The van der Waals surface area contributed by atoms with Crippen LogP contribution < -0.4 is 19.6 Å². The fraction of sp³-hybridized carbons (Fsp3) is 0.176. The minimum absolute atomic E-state index is 0.152. The molecule has 0 spiro atoms. The molecule has 0 fully saturated rings. The van der Waals surface area contributed by atoms with E-state index in [1.165, 1.54) is 0 Å². The van der Waals surface area contributed by atoms with Crippen LogP contribution in [0.5, 0.6) is 17.2 Å². The van der Waals surface area contributed by atoms with Gasteiger partial charge in [0, 0.05) is 0 Å². The number of hydrogen-bond acceptors (Lipinski definition) is 5. The Labute approximate surface area is 134 Å². The fourth-order valence-corrected chi connectivity index (χ4v) is 1.78. The van der Waals surface area contributed by atoms with Crippen LogP contribution in [0, 0.1) is 0 Å². The number of carbonyl (C=O) groups excluding carboxylic acids is 1. The van der Waals surface area contributed by atoms with Gasteiger partial charge in [-0.05, 0) is 42.0 Å². The molecule has 2 aromatic carbocycles. The van der Waals surface area contributed by atoms with Crippen LogP contribution in [0.3, 0.4) is 0 Å². The Morgan fingerprint density at radius 3 is 2.39 bits per heavy atom. The van der Waals surface area contributed by atoms with Gasteiger partial charge in [-0.3, -0.25) is 4.79 Å². The number of amides is 1. The molecule has 1 amide bonds. The van der Waals surface area contributed by atoms with Gasteiger partial charge in [-0.1, -0.05) is 12.1 Å². The predicted octanol–water partition coefficient (Wildman–Crippen LogP) is 2.23. The Morgan fingerprint density at radius 1 is 1.04 bits per heavy atom. The smallest absolute Gasteiger partial charge is 0.277 e. The SMILES string of the molecule is COc1ccc(C=NNC(=O)COc2ccccc2OC)cc1. The summed E-state index contributed by atoms with van der Waals surface area (Å²) in [6.07, 6.45) is 1.54. The molecule has 0 aliphatic heterocycles. The first-order valence-corrected chi connectivity index (χ1v) is 6.94. The fourth-order valence-electron chi connectivity index (χ4n) is 1.78. The summed E-state index contributed by atoms with van der Waals surface area (Å²) in [6, 6.07) is 14.4. The van der Waals surface area contributed by atoms with Crippen LogP contribution >= 0.6 is 0 Å². The Hall–Kier alpha value is -3.02. The highest BCUT2D eigenvalue weighted by Gasteiger charge is 2.05. The number of hydrogen-bond donors (Lipinski definition) is 1. The van der Waals surface area contributed by atoms with Crippen LogP contribution in [0.15, 0.2) is 53.6 Å². The Kier molecular flexibility index (Phi) is 5.99. The number of hydrazone groups is 1. The summed E-state index contributed by atoms with van der Waals surface area (Å²) in [5.74, 6) is 1.48. The zero-order valence-corrected chi connectivity index (χ0v) is 13.0. The van der Waals surface area contributed by atoms with E-state index in [0.717, 1.165) is 11.3 Å². The Balaban J connectivity index is 1.81. The lowest BCUT2D eigenvalue weighted by Crippen LogP contribution is -2.24. The van der Waals surface area contributed by atoms with Crippen molar-refractivity contribution in [3.63, 3.8) is 0 Å². The van der Waals surface area contributed by atoms with Gasteiger partial charge >= 0.3 is 0 Å². The lowest BCUT2D eigenvalue weighted by Gasteiger charge is -2.09. The Bertz CT molecular complexity index is 669. The summed E-state index contributed by atoms with van der Waals surface area (Å²) < 4.78 is 15.6. The monoisotopic (exact) mass is 314 g/mol. The average molecular weight is 314 g/mol. The van der Waals surface area contributed by atoms with E-state index in [9.17, 15) is 4.79 Å². The van der Waals surface area contributed by atoms with Gasteiger partial charge in [0.2, 0.25) is 0 Å². The lowest BCUT2D eigenvalue weighted by atomic mass is 10.2. The first-order chi connectivity index (χ1) is 11.2. The zero-order chi connectivity index (χ0) is 16.5. The second-order valence-electron chi connectivity index (χ2n) is 4.51. The molecule has 2 aromatic rings. The number of nitrogens with zero attached hydrogens (tertiary/aromatic N) is 1. The van der Waals surface area contributed by atoms with Crippen LogP contribution in [0.25, 0.3) is 0 Å². The third-order valence-corrected chi connectivity index (χ3v) is 2.95. The van der Waals surface area contributed by atoms with Crippen LogP contribution in [0.2, 0.25) is 0 Å². The number of nitrogens with one attached hydrogen (secondary N) is 1. The summed E-state index contributed by atoms with van der Waals surface area (Å²) in [4.78, 5) is 11.7. The van der Waals surface area contributed by atoms with Crippen LogP contribution in [0.1, 0.15) is 5.56 Å². The first kappa shape index (κ1) is 16.4. The summed E-state index contributed by atoms with van der Waals surface area (Å²) >= 11 is 0. The molecule has 0 bridgehead atoms. The van der Waals surface area contributed by atoms with Crippen LogP contribution in [-0.4, -0.2) is 32.9 Å². The zero-order valence-electron chi connectivity index (χ0n) is 13.0. The molecular weight excluding hydrogens is 296 g/mol. The molecule has 0 unspecified atom stereocenters. The standard InChI is InChI=1S/C17H18N2O4/c1-21-14-9-7-13(8-10-14)11-18-19-17(20)12-23-16-6-4-3-5-15(16)22-2/h3-11H,12H2,1-2H3,(H,19,20). The molecule has 6 heteroatoms. The van der Waals surface area contributed by atoms with E-state index in [0.29, 0.717) is 11.5 Å². The van der Waals surface area contributed by atoms with Gasteiger partial charge in [-0.2, -0.15) is 5.10 Å². The van der Waals surface area contributed by atoms with Crippen molar-refractivity contribution in [3.05, 3.63) is 54.1 Å². The van der Waals surface area contributed by atoms with Crippen molar-refractivity contribution in [1.82, 2.24) is 5.43 Å². The number of benzene rings is 2. The molecule has 1 N–H and O–H groups in total. The van der Waals surface area contributed by atoms with Crippen molar-refractivity contribution in [2.45, 2.75) is 0 Å². The van der Waals surface area contributed by atoms with Gasteiger partial charge in [-0.25, -0.2) is 5.43 Å². The molecule has 0 aromatic heterocycles. The van der Waals surface area contributed by atoms with Crippen molar-refractivity contribution in [2.24, 2.45) is 5.10 Å². The minimum Gasteiger partial charge on any atom is -0.497 e. The highest BCUT2D eigenvalue weighted by atomic mass is 16.5. The van der Waals surface area contributed by atoms with Crippen LogP contribution in [0.4, 0.5) is 0 Å². The van der Waals surface area contributed by atoms with E-state index in [1.54, 1.807) is 38.6 Å². The molecule has 2 rings (SSSR count). The van der Waals surface area contributed by atoms with Gasteiger partial charge < -0.3 is 14.2 Å². The predicted molar refractivity (Wildman–Crippen MR) is 87.2 cm³/mol. The minimum atomic E-state index is -0.360. The molecule has 0 radical (unpaired) electrons. The molecule has 0 atom stereocenters. The summed E-state index contributed by atoms with van der Waals surface area (Å²) in [5.41, 5.74) is 3.25. The van der Waals surface area contributed by atoms with E-state index in [2.05, 4.69) is 10.5 Å². The number of ether oxygens (including phenoxy) is 3. The molecule has 0 aliphatic carbocycles. The molecule has 120 valence electrons. The van der Waals surface area contributed by atoms with Gasteiger partial charge in [0.05, 0.1) is 20.4 Å². The highest BCUT2D eigenvalue weighted by Crippen LogP contribution is 2.25. The molecule has 0 saturated heterocycles. The summed E-state index contributed by atoms with van der Waals surface area (Å²) in [7, 11) is 3.15. The van der Waals surface area contributed by atoms with E-state index in [-0.39, 0.29) is 12.5 Å². The number of carbonyl (C=O) groups is 1. The van der Waals surface area contributed by atoms with Crippen LogP contribution in [-0.2, 0) is 4.79 Å². The topological polar surface area (TPSA) is 69.2 Å². The quantitative estimate of drug-likeness (QED) is 0.628. The second kappa shape index (κ2) is 8.43. The number of methoxy groups -OCH3 is 2. The van der Waals surface area contributed by atoms with Crippen molar-refractivity contribution >= 4 is 12.1 Å². The van der Waals surface area contributed by atoms with Crippen molar-refractivity contribution in [2.75, 3.05) is 20.8 Å². The molecule has 0 heterocycles. The van der Waals surface area contributed by atoms with E-state index in [4.69, 9.17) is 14.2 Å². The van der Waals surface area contributed by atoms with Crippen molar-refractivity contribution in [3.8, 4) is 17.2 Å². The molecule has 6 nitrogen and oxygen atoms in total. The highest BCUT2D eigenvalue weighted by molar-refractivity contribution is 5.83. The average Bonchev–Trinajstić information content (AvgIpc) is 2.60. The van der Waals surface area contributed by atoms with Gasteiger partial charge in [0.15, 0.2) is 18.1 Å². The largest absolute Gasteiger partial charge is 0.497 e. The maximum atomic E-state index is 11.7. The number of para-hydroxylation sites is 2. The van der Waals surface area contributed by atoms with Gasteiger partial charge in [0.25, 0.3) is 5.91 Å². The maximum Gasteiger partial charge on any atom is 0.277 e.